The average Bonchev–Trinajstić information content (AvgIpc) is 3.43. The van der Waals surface area contributed by atoms with E-state index >= 15 is 0 Å². The van der Waals surface area contributed by atoms with Crippen LogP contribution in [-0.4, -0.2) is 74.6 Å². The summed E-state index contributed by atoms with van der Waals surface area (Å²) in [6, 6.07) is 2.86. The summed E-state index contributed by atoms with van der Waals surface area (Å²) in [5, 5.41) is 6.82. The summed E-state index contributed by atoms with van der Waals surface area (Å²) in [6.07, 6.45) is -0.199. The highest BCUT2D eigenvalue weighted by Crippen LogP contribution is 2.35. The summed E-state index contributed by atoms with van der Waals surface area (Å²) >= 11 is 0. The molecule has 3 aromatic heterocycles. The van der Waals surface area contributed by atoms with Gasteiger partial charge in [-0.3, -0.25) is 0 Å². The van der Waals surface area contributed by atoms with Gasteiger partial charge < -0.3 is 19.5 Å². The summed E-state index contributed by atoms with van der Waals surface area (Å²) < 4.78 is 100. The predicted molar refractivity (Wildman–Crippen MR) is 119 cm³/mol. The molecule has 1 aromatic carbocycles. The van der Waals surface area contributed by atoms with Crippen LogP contribution in [0.1, 0.15) is 10.5 Å². The largest absolute Gasteiger partial charge is 0.479 e. The van der Waals surface area contributed by atoms with Crippen molar-refractivity contribution in [1.82, 2.24) is 29.0 Å². The van der Waals surface area contributed by atoms with E-state index in [2.05, 4.69) is 20.4 Å². The van der Waals surface area contributed by atoms with Crippen molar-refractivity contribution in [2.24, 2.45) is 0 Å². The summed E-state index contributed by atoms with van der Waals surface area (Å²) in [7, 11) is 1.31. The number of hydrogen-bond acceptors (Lipinski definition) is 6. The van der Waals surface area contributed by atoms with Crippen LogP contribution in [0.2, 0.25) is 0 Å². The Morgan fingerprint density at radius 1 is 1.34 bits per heavy atom. The molecule has 1 N–H and O–H groups in total. The van der Waals surface area contributed by atoms with Crippen molar-refractivity contribution in [2.75, 3.05) is 32.5 Å². The number of halogens is 5. The molecule has 1 aliphatic rings. The van der Waals surface area contributed by atoms with E-state index in [4.69, 9.17) is 8.85 Å². The van der Waals surface area contributed by atoms with Crippen LogP contribution >= 0.6 is 0 Å². The first-order valence-electron chi connectivity index (χ1n) is 12.1. The van der Waals surface area contributed by atoms with Crippen molar-refractivity contribution >= 4 is 22.5 Å². The fourth-order valence-electron chi connectivity index (χ4n) is 4.27. The van der Waals surface area contributed by atoms with Gasteiger partial charge in [0, 0.05) is 22.4 Å². The van der Waals surface area contributed by atoms with E-state index < -0.39 is 44.3 Å². The maximum Gasteiger partial charge on any atom is 0.280 e. The Morgan fingerprint density at radius 2 is 2.17 bits per heavy atom. The first kappa shape index (κ1) is 19.8. The molecule has 4 aromatic rings. The molecule has 0 saturated carbocycles. The number of aromatic nitrogens is 5. The Labute approximate surface area is 200 Å². The molecule has 1 saturated heterocycles. The molecular weight excluding hydrogens is 473 g/mol. The van der Waals surface area contributed by atoms with E-state index in [1.807, 2.05) is 0 Å². The van der Waals surface area contributed by atoms with Crippen molar-refractivity contribution in [3.63, 3.8) is 0 Å². The van der Waals surface area contributed by atoms with E-state index in [9.17, 15) is 22.0 Å². The highest BCUT2D eigenvalue weighted by Gasteiger charge is 2.44. The third kappa shape index (κ3) is 4.24. The molecule has 8 nitrogen and oxygen atoms in total. The second-order valence-electron chi connectivity index (χ2n) is 8.25. The fraction of sp³-hybridized carbons (Fsp3) is 0.409. The van der Waals surface area contributed by atoms with Crippen LogP contribution in [0, 0.1) is 5.82 Å². The number of ether oxygens (including phenoxy) is 1. The number of methoxy groups -OCH3 is 1. The van der Waals surface area contributed by atoms with Crippen molar-refractivity contribution < 1.29 is 30.8 Å². The van der Waals surface area contributed by atoms with E-state index in [-0.39, 0.29) is 35.8 Å². The molecule has 1 unspecified atom stereocenters. The number of benzene rings is 1. The number of imidazole rings is 1. The quantitative estimate of drug-likeness (QED) is 0.407. The van der Waals surface area contributed by atoms with Gasteiger partial charge in [-0.15, -0.1) is 5.10 Å². The topological polar surface area (TPSA) is 72.5 Å². The molecule has 1 atom stereocenters. The summed E-state index contributed by atoms with van der Waals surface area (Å²) in [6.45, 7) is -4.32. The normalized spacial score (nSPS) is 20.2. The van der Waals surface area contributed by atoms with Crippen molar-refractivity contribution in [3.8, 4) is 17.0 Å². The van der Waals surface area contributed by atoms with E-state index in [1.54, 1.807) is 6.07 Å². The van der Waals surface area contributed by atoms with Gasteiger partial charge in [0.25, 0.3) is 12.3 Å². The molecule has 0 bridgehead atoms. The minimum atomic E-state index is -3.38. The Hall–Kier alpha value is -3.48. The van der Waals surface area contributed by atoms with Crippen molar-refractivity contribution in [3.05, 3.63) is 36.5 Å². The van der Waals surface area contributed by atoms with Gasteiger partial charge in [0.15, 0.2) is 5.82 Å². The molecule has 0 aliphatic carbocycles. The molecule has 0 amide bonds. The molecule has 5 rings (SSSR count). The number of anilines is 1. The lowest BCUT2D eigenvalue weighted by Gasteiger charge is -2.36. The first-order valence-corrected chi connectivity index (χ1v) is 10.6. The lowest BCUT2D eigenvalue weighted by atomic mass is 10.0. The molecule has 186 valence electrons. The average molecular weight is 498 g/mol. The SMILES string of the molecule is [2H]C([2H])([2H])N1CCC(Nc2nc(OC)c3c(-c4cc(F)c5ncn(CC(F)F)c5c4)ccn3n2)C(F)(F)C1. The molecule has 13 heteroatoms. The summed E-state index contributed by atoms with van der Waals surface area (Å²) in [5.41, 5.74) is 1.14. The smallest absolute Gasteiger partial charge is 0.280 e. The van der Waals surface area contributed by atoms with Gasteiger partial charge in [-0.2, -0.15) is 4.98 Å². The second-order valence-corrected chi connectivity index (χ2v) is 8.25. The van der Waals surface area contributed by atoms with Crippen LogP contribution in [0.5, 0.6) is 5.88 Å². The maximum atomic E-state index is 14.8. The zero-order chi connectivity index (χ0) is 27.4. The third-order valence-corrected chi connectivity index (χ3v) is 5.90. The number of alkyl halides is 4. The van der Waals surface area contributed by atoms with Crippen LogP contribution in [0.25, 0.3) is 27.7 Å². The minimum Gasteiger partial charge on any atom is -0.479 e. The fourth-order valence-corrected chi connectivity index (χ4v) is 4.27. The lowest BCUT2D eigenvalue weighted by molar-refractivity contribution is -0.0675. The standard InChI is InChI=1S/C22H22F5N7O/c1-32-5-4-16(22(26,27)10-32)29-21-30-20(35-2)19-13(3-6-34(19)31-21)12-7-14(23)18-15(8-12)33(11-28-18)9-17(24)25/h3,6-8,11,16-17H,4-5,9-10H2,1-2H3,(H,29,31)/i1D3. The highest BCUT2D eigenvalue weighted by molar-refractivity contribution is 5.90. The zero-order valence-corrected chi connectivity index (χ0v) is 18.4. The van der Waals surface area contributed by atoms with E-state index in [0.717, 1.165) is 15.8 Å². The summed E-state index contributed by atoms with van der Waals surface area (Å²) in [4.78, 5) is 8.83. The van der Waals surface area contributed by atoms with E-state index in [0.29, 0.717) is 16.6 Å². The maximum absolute atomic E-state index is 14.8. The van der Waals surface area contributed by atoms with Gasteiger partial charge >= 0.3 is 0 Å². The number of nitrogens with one attached hydrogen (secondary N) is 1. The number of hydrogen-bond donors (Lipinski definition) is 1. The zero-order valence-electron chi connectivity index (χ0n) is 21.4. The molecule has 1 aliphatic heterocycles. The number of rotatable bonds is 6. The first-order chi connectivity index (χ1) is 17.9. The Kier molecular flexibility index (Phi) is 4.88. The Balaban J connectivity index is 1.49. The van der Waals surface area contributed by atoms with Gasteiger partial charge in [-0.1, -0.05) is 0 Å². The van der Waals surface area contributed by atoms with Gasteiger partial charge in [-0.25, -0.2) is 31.5 Å². The van der Waals surface area contributed by atoms with Crippen LogP contribution < -0.4 is 10.1 Å². The monoisotopic (exact) mass is 498 g/mol. The minimum absolute atomic E-state index is 0.00710. The molecule has 0 spiro atoms. The number of likely N-dealkylation sites (tertiary alicyclic amines) is 1. The van der Waals surface area contributed by atoms with E-state index in [1.165, 1.54) is 30.0 Å². The molecule has 4 heterocycles. The number of fused-ring (bicyclic) bond motifs is 2. The Morgan fingerprint density at radius 3 is 2.89 bits per heavy atom. The summed E-state index contributed by atoms with van der Waals surface area (Å²) in [5.74, 6) is -4.28. The van der Waals surface area contributed by atoms with Gasteiger partial charge in [0.05, 0.1) is 38.1 Å². The molecule has 1 fully saturated rings. The molecule has 35 heavy (non-hydrogen) atoms. The van der Waals surface area contributed by atoms with Gasteiger partial charge in [0.2, 0.25) is 11.8 Å². The van der Waals surface area contributed by atoms with Crippen LogP contribution in [-0.2, 0) is 6.54 Å². The highest BCUT2D eigenvalue weighted by atomic mass is 19.3. The molecular formula is C22H22F5N7O. The number of nitrogens with zero attached hydrogens (tertiary/aromatic N) is 6. The van der Waals surface area contributed by atoms with Gasteiger partial charge in [-0.05, 0) is 37.2 Å². The van der Waals surface area contributed by atoms with Crippen LogP contribution in [0.3, 0.4) is 0 Å². The second kappa shape index (κ2) is 8.63. The predicted octanol–water partition coefficient (Wildman–Crippen LogP) is 3.91. The van der Waals surface area contributed by atoms with Gasteiger partial charge in [0.1, 0.15) is 11.0 Å². The lowest BCUT2D eigenvalue weighted by Crippen LogP contribution is -2.53. The third-order valence-electron chi connectivity index (χ3n) is 5.90. The van der Waals surface area contributed by atoms with Crippen molar-refractivity contribution in [1.29, 1.82) is 0 Å². The molecule has 0 radical (unpaired) electrons. The van der Waals surface area contributed by atoms with Crippen molar-refractivity contribution in [2.45, 2.75) is 31.4 Å². The number of piperidine rings is 1. The van der Waals surface area contributed by atoms with Crippen LogP contribution in [0.4, 0.5) is 27.9 Å². The van der Waals surface area contributed by atoms with Crippen LogP contribution in [0.15, 0.2) is 30.7 Å². The Bertz CT molecular complexity index is 1490.